The molecule has 0 radical (unpaired) electrons. The third kappa shape index (κ3) is 6.72. The molecule has 0 aliphatic heterocycles. The van der Waals surface area contributed by atoms with Crippen molar-refractivity contribution in [3.63, 3.8) is 0 Å². The molecule has 2 amide bonds. The van der Waals surface area contributed by atoms with Crippen molar-refractivity contribution in [1.82, 2.24) is 10.2 Å². The third-order valence-corrected chi connectivity index (χ3v) is 7.38. The number of amides is 2. The number of halogens is 3. The number of hydrogen-bond acceptors (Lipinski definition) is 4. The van der Waals surface area contributed by atoms with Crippen LogP contribution in [0.15, 0.2) is 42.5 Å². The van der Waals surface area contributed by atoms with Crippen molar-refractivity contribution in [2.24, 2.45) is 0 Å². The van der Waals surface area contributed by atoms with Crippen LogP contribution in [0.2, 0.25) is 10.0 Å². The molecule has 0 spiro atoms. The van der Waals surface area contributed by atoms with Gasteiger partial charge in [0.2, 0.25) is 21.8 Å². The number of anilines is 1. The first kappa shape index (κ1) is 26.7. The summed E-state index contributed by atoms with van der Waals surface area (Å²) in [6.45, 7) is 1.24. The number of likely N-dealkylation sites (N-methyl/N-ethyl adjacent to an activating group) is 1. The molecular weight excluding hydrogens is 588 g/mol. The number of nitrogens with one attached hydrogen (secondary N) is 1. The van der Waals surface area contributed by atoms with Crippen molar-refractivity contribution in [1.29, 1.82) is 0 Å². The fourth-order valence-corrected chi connectivity index (χ4v) is 4.89. The monoisotopic (exact) mass is 611 g/mol. The van der Waals surface area contributed by atoms with Crippen LogP contribution >= 0.6 is 45.8 Å². The lowest BCUT2D eigenvalue weighted by Gasteiger charge is -2.33. The molecule has 2 rings (SSSR count). The zero-order valence-electron chi connectivity index (χ0n) is 17.8. The summed E-state index contributed by atoms with van der Waals surface area (Å²) in [5, 5.41) is 3.25. The van der Waals surface area contributed by atoms with E-state index in [4.69, 9.17) is 23.2 Å². The van der Waals surface area contributed by atoms with Crippen LogP contribution in [0.4, 0.5) is 5.69 Å². The molecule has 1 atom stereocenters. The summed E-state index contributed by atoms with van der Waals surface area (Å²) in [4.78, 5) is 27.3. The Bertz CT molecular complexity index is 1060. The average Bonchev–Trinajstić information content (AvgIpc) is 2.73. The molecule has 0 aromatic heterocycles. The topological polar surface area (TPSA) is 86.8 Å². The first-order chi connectivity index (χ1) is 15.0. The maximum absolute atomic E-state index is 13.4. The summed E-state index contributed by atoms with van der Waals surface area (Å²) in [5.41, 5.74) is 0.830. The largest absolute Gasteiger partial charge is 0.357 e. The average molecular weight is 612 g/mol. The van der Waals surface area contributed by atoms with Crippen molar-refractivity contribution < 1.29 is 18.0 Å². The van der Waals surface area contributed by atoms with Crippen LogP contribution in [0.1, 0.15) is 18.9 Å². The van der Waals surface area contributed by atoms with Gasteiger partial charge < -0.3 is 10.2 Å². The van der Waals surface area contributed by atoms with E-state index in [2.05, 4.69) is 27.9 Å². The highest BCUT2D eigenvalue weighted by molar-refractivity contribution is 14.1. The fraction of sp³-hybridized carbons (Fsp3) is 0.333. The summed E-state index contributed by atoms with van der Waals surface area (Å²) in [6.07, 6.45) is 1.35. The number of rotatable bonds is 9. The number of benzene rings is 2. The van der Waals surface area contributed by atoms with Crippen molar-refractivity contribution >= 4 is 73.3 Å². The fourth-order valence-electron chi connectivity index (χ4n) is 3.16. The van der Waals surface area contributed by atoms with Gasteiger partial charge in [0.15, 0.2) is 0 Å². The van der Waals surface area contributed by atoms with Crippen molar-refractivity contribution in [3.05, 3.63) is 61.6 Å². The molecule has 11 heteroatoms. The predicted octanol–water partition coefficient (Wildman–Crippen LogP) is 3.92. The smallest absolute Gasteiger partial charge is 0.244 e. The maximum atomic E-state index is 13.4. The number of nitrogens with zero attached hydrogens (tertiary/aromatic N) is 2. The SMILES string of the molecule is CCC(C(=O)NC)N(Cc1c(Cl)cccc1Cl)C(=O)CN(c1ccc(I)cc1)S(C)(=O)=O. The van der Waals surface area contributed by atoms with E-state index >= 15 is 0 Å². The van der Waals surface area contributed by atoms with Gasteiger partial charge in [0.1, 0.15) is 12.6 Å². The normalized spacial score (nSPS) is 12.2. The molecule has 1 N–H and O–H groups in total. The molecule has 1 unspecified atom stereocenters. The minimum atomic E-state index is -3.78. The second-order valence-corrected chi connectivity index (χ2v) is 11.0. The van der Waals surface area contributed by atoms with Crippen LogP contribution < -0.4 is 9.62 Å². The van der Waals surface area contributed by atoms with Crippen LogP contribution in [-0.4, -0.2) is 51.0 Å². The van der Waals surface area contributed by atoms with E-state index < -0.39 is 28.5 Å². The standard InChI is InChI=1S/C21H24Cl2IN3O4S/c1-4-19(21(29)25-2)26(12-16-17(22)6-5-7-18(16)23)20(28)13-27(32(3,30)31)15-10-8-14(24)9-11-15/h5-11,19H,4,12-13H2,1-3H3,(H,25,29). The first-order valence-corrected chi connectivity index (χ1v) is 13.3. The molecule has 0 aliphatic carbocycles. The molecule has 32 heavy (non-hydrogen) atoms. The minimum absolute atomic E-state index is 0.0481. The van der Waals surface area contributed by atoms with Gasteiger partial charge in [-0.3, -0.25) is 13.9 Å². The Balaban J connectivity index is 2.47. The van der Waals surface area contributed by atoms with Gasteiger partial charge >= 0.3 is 0 Å². The summed E-state index contributed by atoms with van der Waals surface area (Å²) >= 11 is 14.7. The van der Waals surface area contributed by atoms with Crippen molar-refractivity contribution in [2.45, 2.75) is 25.9 Å². The number of sulfonamides is 1. The second-order valence-electron chi connectivity index (χ2n) is 7.01. The Labute approximate surface area is 212 Å². The molecule has 0 heterocycles. The molecule has 0 fully saturated rings. The molecule has 174 valence electrons. The molecule has 7 nitrogen and oxygen atoms in total. The van der Waals surface area contributed by atoms with Crippen molar-refractivity contribution in [3.8, 4) is 0 Å². The highest BCUT2D eigenvalue weighted by Crippen LogP contribution is 2.27. The van der Waals surface area contributed by atoms with E-state index in [1.165, 1.54) is 11.9 Å². The summed E-state index contributed by atoms with van der Waals surface area (Å²) in [6, 6.07) is 10.9. The predicted molar refractivity (Wildman–Crippen MR) is 137 cm³/mol. The number of carbonyl (C=O) groups excluding carboxylic acids is 2. The van der Waals surface area contributed by atoms with Crippen LogP contribution in [0, 0.1) is 3.57 Å². The molecule has 2 aromatic rings. The highest BCUT2D eigenvalue weighted by Gasteiger charge is 2.32. The minimum Gasteiger partial charge on any atom is -0.357 e. The van der Waals surface area contributed by atoms with Gasteiger partial charge in [-0.1, -0.05) is 36.2 Å². The lowest BCUT2D eigenvalue weighted by Crippen LogP contribution is -2.51. The Hall–Kier alpha value is -1.56. The molecular formula is C21H24Cl2IN3O4S. The number of hydrogen-bond donors (Lipinski definition) is 1. The second kappa shape index (κ2) is 11.5. The summed E-state index contributed by atoms with van der Waals surface area (Å²) in [5.74, 6) is -0.926. The first-order valence-electron chi connectivity index (χ1n) is 9.66. The summed E-state index contributed by atoms with van der Waals surface area (Å²) < 4.78 is 26.9. The molecule has 0 saturated heterocycles. The van der Waals surface area contributed by atoms with Gasteiger partial charge in [-0.25, -0.2) is 8.42 Å². The Morgan fingerprint density at radius 1 is 1.09 bits per heavy atom. The maximum Gasteiger partial charge on any atom is 0.244 e. The van der Waals surface area contributed by atoms with Gasteiger partial charge in [-0.05, 0) is 65.4 Å². The van der Waals surface area contributed by atoms with Crippen LogP contribution in [-0.2, 0) is 26.2 Å². The van der Waals surface area contributed by atoms with Gasteiger partial charge in [0.05, 0.1) is 11.9 Å². The third-order valence-electron chi connectivity index (χ3n) is 4.82. The molecule has 0 aliphatic rings. The van der Waals surface area contributed by atoms with Gasteiger partial charge in [0.25, 0.3) is 0 Å². The Morgan fingerprint density at radius 2 is 1.66 bits per heavy atom. The zero-order chi connectivity index (χ0) is 24.1. The summed E-state index contributed by atoms with van der Waals surface area (Å²) in [7, 11) is -2.30. The Kier molecular flexibility index (Phi) is 9.62. The highest BCUT2D eigenvalue weighted by atomic mass is 127. The van der Waals surface area contributed by atoms with E-state index in [9.17, 15) is 18.0 Å². The van der Waals surface area contributed by atoms with E-state index in [1.807, 2.05) is 0 Å². The lowest BCUT2D eigenvalue weighted by atomic mass is 10.1. The van der Waals surface area contributed by atoms with Gasteiger partial charge in [-0.2, -0.15) is 0 Å². The van der Waals surface area contributed by atoms with Gasteiger partial charge in [0, 0.05) is 32.8 Å². The van der Waals surface area contributed by atoms with Crippen LogP contribution in [0.5, 0.6) is 0 Å². The van der Waals surface area contributed by atoms with Crippen LogP contribution in [0.25, 0.3) is 0 Å². The number of carbonyl (C=O) groups is 2. The van der Waals surface area contributed by atoms with Gasteiger partial charge in [-0.15, -0.1) is 0 Å². The van der Waals surface area contributed by atoms with E-state index in [0.717, 1.165) is 14.1 Å². The van der Waals surface area contributed by atoms with E-state index in [1.54, 1.807) is 49.4 Å². The Morgan fingerprint density at radius 3 is 2.12 bits per heavy atom. The molecule has 0 saturated carbocycles. The van der Waals surface area contributed by atoms with Crippen molar-refractivity contribution in [2.75, 3.05) is 24.2 Å². The molecule has 2 aromatic carbocycles. The molecule has 0 bridgehead atoms. The van der Waals surface area contributed by atoms with Crippen LogP contribution in [0.3, 0.4) is 0 Å². The van der Waals surface area contributed by atoms with E-state index in [0.29, 0.717) is 27.7 Å². The lowest BCUT2D eigenvalue weighted by molar-refractivity contribution is -0.140. The zero-order valence-corrected chi connectivity index (χ0v) is 22.3. The van der Waals surface area contributed by atoms with E-state index in [-0.39, 0.29) is 12.5 Å². The quantitative estimate of drug-likeness (QED) is 0.436.